The van der Waals surface area contributed by atoms with Crippen LogP contribution in [-0.4, -0.2) is 32.4 Å². The minimum atomic E-state index is -1.97. The second kappa shape index (κ2) is 6.68. The van der Waals surface area contributed by atoms with Gasteiger partial charge in [-0.1, -0.05) is 60.8 Å². The topological polar surface area (TPSA) is 46.5 Å². The number of carboxylic acid groups (broad SMARTS) is 1. The van der Waals surface area contributed by atoms with Gasteiger partial charge in [0.1, 0.15) is 0 Å². The summed E-state index contributed by atoms with van der Waals surface area (Å²) < 4.78 is 5.22. The standard InChI is InChI=1S/C15H22O3Si/c1-5-9-13(14(18-2)15(16)17)19(3,4)12-10-7-6-8-11-12/h5-11,13-14H,1-4H3,(H,16,17)/b9-5+/t13-,14-/m1/s1. The fourth-order valence-electron chi connectivity index (χ4n) is 2.39. The van der Waals surface area contributed by atoms with Crippen molar-refractivity contribution >= 4 is 19.2 Å². The van der Waals surface area contributed by atoms with Crippen LogP contribution in [0.5, 0.6) is 0 Å². The van der Waals surface area contributed by atoms with Gasteiger partial charge in [0.25, 0.3) is 0 Å². The Bertz CT molecular complexity index is 440. The fraction of sp³-hybridized carbons (Fsp3) is 0.400. The first-order chi connectivity index (χ1) is 8.95. The monoisotopic (exact) mass is 278 g/mol. The van der Waals surface area contributed by atoms with E-state index < -0.39 is 20.1 Å². The van der Waals surface area contributed by atoms with Crippen LogP contribution in [0, 0.1) is 0 Å². The van der Waals surface area contributed by atoms with Crippen LogP contribution in [0.15, 0.2) is 42.5 Å². The summed E-state index contributed by atoms with van der Waals surface area (Å²) in [5.74, 6) is -0.901. The van der Waals surface area contributed by atoms with Crippen LogP contribution in [0.1, 0.15) is 6.92 Å². The number of carbonyl (C=O) groups is 1. The van der Waals surface area contributed by atoms with Crippen molar-refractivity contribution in [2.75, 3.05) is 7.11 Å². The lowest BCUT2D eigenvalue weighted by Crippen LogP contribution is -2.51. The third-order valence-electron chi connectivity index (χ3n) is 3.57. The van der Waals surface area contributed by atoms with Gasteiger partial charge in [-0.3, -0.25) is 0 Å². The molecular weight excluding hydrogens is 256 g/mol. The zero-order valence-corrected chi connectivity index (χ0v) is 13.0. The van der Waals surface area contributed by atoms with Gasteiger partial charge >= 0.3 is 5.97 Å². The maximum Gasteiger partial charge on any atom is 0.333 e. The van der Waals surface area contributed by atoms with E-state index in [4.69, 9.17) is 4.74 Å². The van der Waals surface area contributed by atoms with Crippen molar-refractivity contribution in [3.8, 4) is 0 Å². The first-order valence-corrected chi connectivity index (χ1v) is 9.46. The highest BCUT2D eigenvalue weighted by Crippen LogP contribution is 2.29. The van der Waals surface area contributed by atoms with Gasteiger partial charge < -0.3 is 9.84 Å². The third kappa shape index (κ3) is 3.55. The van der Waals surface area contributed by atoms with Crippen LogP contribution in [0.4, 0.5) is 0 Å². The summed E-state index contributed by atoms with van der Waals surface area (Å²) in [6.45, 7) is 6.28. The SMILES string of the molecule is C/C=C/[C@H]([C@@H](OC)C(=O)O)[Si](C)(C)c1ccccc1. The Hall–Kier alpha value is -1.39. The van der Waals surface area contributed by atoms with Crippen LogP contribution in [-0.2, 0) is 9.53 Å². The van der Waals surface area contributed by atoms with Crippen LogP contribution in [0.3, 0.4) is 0 Å². The van der Waals surface area contributed by atoms with Gasteiger partial charge in [-0.05, 0) is 6.92 Å². The van der Waals surface area contributed by atoms with Gasteiger partial charge in [-0.15, -0.1) is 0 Å². The van der Waals surface area contributed by atoms with Gasteiger partial charge in [0, 0.05) is 12.7 Å². The molecule has 1 aromatic rings. The summed E-state index contributed by atoms with van der Waals surface area (Å²) in [5.41, 5.74) is -0.0950. The molecule has 3 nitrogen and oxygen atoms in total. The second-order valence-corrected chi connectivity index (χ2v) is 9.82. The number of aliphatic carboxylic acids is 1. The minimum absolute atomic E-state index is 0.0950. The molecule has 4 heteroatoms. The number of methoxy groups -OCH3 is 1. The average Bonchev–Trinajstić information content (AvgIpc) is 2.39. The maximum absolute atomic E-state index is 11.4. The molecule has 0 aliphatic rings. The van der Waals surface area contributed by atoms with E-state index >= 15 is 0 Å². The number of hydrogen-bond donors (Lipinski definition) is 1. The Morgan fingerprint density at radius 3 is 2.32 bits per heavy atom. The Morgan fingerprint density at radius 2 is 1.89 bits per heavy atom. The summed E-state index contributed by atoms with van der Waals surface area (Å²) in [5, 5.41) is 10.6. The molecule has 0 amide bonds. The Balaban J connectivity index is 3.21. The van der Waals surface area contributed by atoms with Crippen molar-refractivity contribution in [1.29, 1.82) is 0 Å². The molecule has 0 aliphatic heterocycles. The van der Waals surface area contributed by atoms with Crippen molar-refractivity contribution in [2.24, 2.45) is 0 Å². The van der Waals surface area contributed by atoms with E-state index in [1.54, 1.807) is 0 Å². The molecule has 0 fully saturated rings. The zero-order chi connectivity index (χ0) is 14.5. The first-order valence-electron chi connectivity index (χ1n) is 6.39. The number of ether oxygens (including phenoxy) is 1. The highest BCUT2D eigenvalue weighted by molar-refractivity contribution is 6.91. The molecule has 0 heterocycles. The highest BCUT2D eigenvalue weighted by Gasteiger charge is 2.40. The van der Waals surface area contributed by atoms with E-state index in [1.165, 1.54) is 12.3 Å². The number of carboxylic acids is 1. The average molecular weight is 278 g/mol. The summed E-state index contributed by atoms with van der Waals surface area (Å²) in [7, 11) is -0.506. The molecule has 0 radical (unpaired) electrons. The molecule has 1 aromatic carbocycles. The molecule has 0 aromatic heterocycles. The van der Waals surface area contributed by atoms with E-state index in [0.717, 1.165) is 0 Å². The van der Waals surface area contributed by atoms with E-state index in [2.05, 4.69) is 25.2 Å². The van der Waals surface area contributed by atoms with Gasteiger partial charge in [0.2, 0.25) is 0 Å². The van der Waals surface area contributed by atoms with Crippen molar-refractivity contribution < 1.29 is 14.6 Å². The van der Waals surface area contributed by atoms with Crippen molar-refractivity contribution in [1.82, 2.24) is 0 Å². The second-order valence-electron chi connectivity index (χ2n) is 5.13. The first kappa shape index (κ1) is 15.7. The molecule has 1 N–H and O–H groups in total. The Morgan fingerprint density at radius 1 is 1.32 bits per heavy atom. The molecule has 0 aliphatic carbocycles. The molecule has 0 saturated heterocycles. The predicted octanol–water partition coefficient (Wildman–Crippen LogP) is 2.65. The van der Waals surface area contributed by atoms with E-state index in [1.807, 2.05) is 37.3 Å². The van der Waals surface area contributed by atoms with Crippen molar-refractivity contribution in [3.05, 3.63) is 42.5 Å². The predicted molar refractivity (Wildman–Crippen MR) is 80.6 cm³/mol. The molecule has 2 atom stereocenters. The molecule has 19 heavy (non-hydrogen) atoms. The lowest BCUT2D eigenvalue weighted by molar-refractivity contribution is -0.148. The number of benzene rings is 1. The lowest BCUT2D eigenvalue weighted by Gasteiger charge is -2.34. The van der Waals surface area contributed by atoms with Crippen LogP contribution < -0.4 is 5.19 Å². The summed E-state index contributed by atoms with van der Waals surface area (Å²) in [6.07, 6.45) is 3.09. The number of rotatable bonds is 6. The highest BCUT2D eigenvalue weighted by atomic mass is 28.3. The van der Waals surface area contributed by atoms with Gasteiger partial charge in [-0.2, -0.15) is 0 Å². The summed E-state index contributed by atoms with van der Waals surface area (Å²) >= 11 is 0. The quantitative estimate of drug-likeness (QED) is 0.643. The molecule has 0 saturated carbocycles. The number of allylic oxidation sites excluding steroid dienone is 1. The van der Waals surface area contributed by atoms with E-state index in [-0.39, 0.29) is 5.54 Å². The third-order valence-corrected chi connectivity index (χ3v) is 7.56. The Kier molecular flexibility index (Phi) is 5.51. The molecular formula is C15H22O3Si. The lowest BCUT2D eigenvalue weighted by atomic mass is 10.2. The van der Waals surface area contributed by atoms with Crippen molar-refractivity contribution in [3.63, 3.8) is 0 Å². The maximum atomic E-state index is 11.4. The van der Waals surface area contributed by atoms with Gasteiger partial charge in [-0.25, -0.2) is 4.79 Å². The minimum Gasteiger partial charge on any atom is -0.479 e. The van der Waals surface area contributed by atoms with E-state index in [0.29, 0.717) is 0 Å². The summed E-state index contributed by atoms with van der Waals surface area (Å²) in [6, 6.07) is 10.1. The molecule has 0 spiro atoms. The van der Waals surface area contributed by atoms with Gasteiger partial charge in [0.15, 0.2) is 6.10 Å². The largest absolute Gasteiger partial charge is 0.479 e. The summed E-state index contributed by atoms with van der Waals surface area (Å²) in [4.78, 5) is 11.4. The van der Waals surface area contributed by atoms with Crippen LogP contribution >= 0.6 is 0 Å². The van der Waals surface area contributed by atoms with E-state index in [9.17, 15) is 9.90 Å². The smallest absolute Gasteiger partial charge is 0.333 e. The van der Waals surface area contributed by atoms with Gasteiger partial charge in [0.05, 0.1) is 8.07 Å². The zero-order valence-electron chi connectivity index (χ0n) is 12.0. The fourth-order valence-corrected chi connectivity index (χ4v) is 5.53. The number of hydrogen-bond acceptors (Lipinski definition) is 2. The van der Waals surface area contributed by atoms with Crippen molar-refractivity contribution in [2.45, 2.75) is 31.7 Å². The normalized spacial score (nSPS) is 15.4. The molecule has 0 bridgehead atoms. The Labute approximate surface area is 115 Å². The van der Waals surface area contributed by atoms with Crippen LogP contribution in [0.25, 0.3) is 0 Å². The van der Waals surface area contributed by atoms with Crippen LogP contribution in [0.2, 0.25) is 18.6 Å². The molecule has 104 valence electrons. The molecule has 1 rings (SSSR count). The molecule has 0 unspecified atom stereocenters.